The number of nitrogens with two attached hydrogens (primary N) is 1. The van der Waals surface area contributed by atoms with Gasteiger partial charge in [0.15, 0.2) is 0 Å². The fourth-order valence-corrected chi connectivity index (χ4v) is 2.51. The number of ether oxygens (including phenoxy) is 1. The summed E-state index contributed by atoms with van der Waals surface area (Å²) in [6.07, 6.45) is 0.0295. The molecule has 1 amide bonds. The number of hydrogen-bond donors (Lipinski definition) is 3. The van der Waals surface area contributed by atoms with Crippen molar-refractivity contribution in [2.45, 2.75) is 36.9 Å². The van der Waals surface area contributed by atoms with Crippen LogP contribution in [0.15, 0.2) is 0 Å². The quantitative estimate of drug-likeness (QED) is 0.558. The van der Waals surface area contributed by atoms with Crippen molar-refractivity contribution in [2.24, 2.45) is 5.73 Å². The first kappa shape index (κ1) is 13.3. The van der Waals surface area contributed by atoms with Gasteiger partial charge in [0, 0.05) is 26.2 Å². The molecular weight excluding hydrogens is 240 g/mol. The van der Waals surface area contributed by atoms with E-state index in [2.05, 4.69) is 0 Å². The van der Waals surface area contributed by atoms with Gasteiger partial charge < -0.3 is 25.6 Å². The first-order chi connectivity index (χ1) is 8.44. The number of carboxylic acid groups (broad SMARTS) is 1. The molecule has 0 aromatic heterocycles. The van der Waals surface area contributed by atoms with Gasteiger partial charge >= 0.3 is 5.97 Å². The Bertz CT molecular complexity index is 353. The molecule has 0 aromatic carbocycles. The molecular formula is C11H18N2O5. The van der Waals surface area contributed by atoms with E-state index in [9.17, 15) is 14.7 Å². The largest absolute Gasteiger partial charge is 0.480 e. The molecule has 2 atom stereocenters. The third-order valence-corrected chi connectivity index (χ3v) is 3.64. The number of likely N-dealkylation sites (tertiary alicyclic amines) is 1. The number of carbonyl (C=O) groups is 2. The van der Waals surface area contributed by atoms with Gasteiger partial charge in [-0.3, -0.25) is 4.79 Å². The molecule has 0 unspecified atom stereocenters. The van der Waals surface area contributed by atoms with Crippen LogP contribution in [0.1, 0.15) is 19.3 Å². The molecule has 2 heterocycles. The number of β-amino-alcohol motifs (C(OH)–C–C–N with tert-alkyl or cyclic N) is 1. The molecule has 2 aliphatic rings. The average molecular weight is 258 g/mol. The molecule has 4 N–H and O–H groups in total. The van der Waals surface area contributed by atoms with Crippen LogP contribution in [0.25, 0.3) is 0 Å². The Balaban J connectivity index is 2.14. The van der Waals surface area contributed by atoms with Crippen LogP contribution in [0.4, 0.5) is 0 Å². The van der Waals surface area contributed by atoms with E-state index in [4.69, 9.17) is 15.6 Å². The van der Waals surface area contributed by atoms with E-state index in [0.717, 1.165) is 0 Å². The first-order valence-corrected chi connectivity index (χ1v) is 6.02. The van der Waals surface area contributed by atoms with Crippen molar-refractivity contribution >= 4 is 11.9 Å². The van der Waals surface area contributed by atoms with E-state index in [1.54, 1.807) is 0 Å². The number of aliphatic hydroxyl groups is 1. The predicted octanol–water partition coefficient (Wildman–Crippen LogP) is -1.46. The van der Waals surface area contributed by atoms with Crippen molar-refractivity contribution in [1.82, 2.24) is 4.90 Å². The summed E-state index contributed by atoms with van der Waals surface area (Å²) in [5, 5.41) is 18.6. The minimum atomic E-state index is -1.10. The van der Waals surface area contributed by atoms with Crippen LogP contribution in [-0.4, -0.2) is 64.4 Å². The Hall–Kier alpha value is -1.18. The summed E-state index contributed by atoms with van der Waals surface area (Å²) in [5.41, 5.74) is 4.98. The van der Waals surface area contributed by atoms with Crippen LogP contribution in [0.2, 0.25) is 0 Å². The second kappa shape index (κ2) is 4.83. The lowest BCUT2D eigenvalue weighted by molar-refractivity contribution is -0.152. The second-order valence-corrected chi connectivity index (χ2v) is 4.97. The Morgan fingerprint density at radius 1 is 1.33 bits per heavy atom. The van der Waals surface area contributed by atoms with E-state index in [1.165, 1.54) is 4.90 Å². The summed E-state index contributed by atoms with van der Waals surface area (Å²) in [5.74, 6) is -1.50. The number of hydrogen-bond acceptors (Lipinski definition) is 5. The van der Waals surface area contributed by atoms with Crippen molar-refractivity contribution in [3.63, 3.8) is 0 Å². The topological polar surface area (TPSA) is 113 Å². The van der Waals surface area contributed by atoms with Crippen LogP contribution >= 0.6 is 0 Å². The summed E-state index contributed by atoms with van der Waals surface area (Å²) >= 11 is 0. The second-order valence-electron chi connectivity index (χ2n) is 4.97. The van der Waals surface area contributed by atoms with Gasteiger partial charge in [0.1, 0.15) is 6.04 Å². The fraction of sp³-hybridized carbons (Fsp3) is 0.818. The minimum Gasteiger partial charge on any atom is -0.480 e. The minimum absolute atomic E-state index is 0.0373. The molecule has 2 saturated heterocycles. The van der Waals surface area contributed by atoms with Crippen molar-refractivity contribution in [1.29, 1.82) is 0 Å². The fourth-order valence-electron chi connectivity index (χ4n) is 2.51. The third kappa shape index (κ3) is 2.33. The predicted molar refractivity (Wildman–Crippen MR) is 60.7 cm³/mol. The molecule has 0 radical (unpaired) electrons. The summed E-state index contributed by atoms with van der Waals surface area (Å²) in [6, 6.07) is -0.976. The van der Waals surface area contributed by atoms with Gasteiger partial charge in [-0.1, -0.05) is 0 Å². The highest BCUT2D eigenvalue weighted by Gasteiger charge is 2.46. The molecule has 102 valence electrons. The molecule has 0 saturated carbocycles. The standard InChI is InChI=1S/C11H18N2O5/c12-11(1-3-18-4-2-11)10(17)13-6-7(14)5-8(13)9(15)16/h7-8,14H,1-6,12H2,(H,15,16)/t7-,8-/m0/s1. The Labute approximate surface area is 105 Å². The van der Waals surface area contributed by atoms with E-state index < -0.39 is 29.6 Å². The molecule has 2 aliphatic heterocycles. The van der Waals surface area contributed by atoms with Crippen LogP contribution in [0.5, 0.6) is 0 Å². The zero-order chi connectivity index (χ0) is 13.3. The molecule has 0 aromatic rings. The number of carboxylic acids is 1. The van der Waals surface area contributed by atoms with Crippen molar-refractivity contribution in [3.8, 4) is 0 Å². The monoisotopic (exact) mass is 258 g/mol. The van der Waals surface area contributed by atoms with Gasteiger partial charge in [-0.15, -0.1) is 0 Å². The molecule has 7 heteroatoms. The van der Waals surface area contributed by atoms with Crippen molar-refractivity contribution < 1.29 is 24.5 Å². The van der Waals surface area contributed by atoms with Crippen LogP contribution in [0, 0.1) is 0 Å². The van der Waals surface area contributed by atoms with Gasteiger partial charge in [0.25, 0.3) is 0 Å². The Morgan fingerprint density at radius 2 is 1.94 bits per heavy atom. The summed E-state index contributed by atoms with van der Waals surface area (Å²) in [7, 11) is 0. The Morgan fingerprint density at radius 3 is 2.50 bits per heavy atom. The normalized spacial score (nSPS) is 31.3. The van der Waals surface area contributed by atoms with Crippen LogP contribution < -0.4 is 5.73 Å². The van der Waals surface area contributed by atoms with Crippen LogP contribution in [-0.2, 0) is 14.3 Å². The SMILES string of the molecule is NC1(C(=O)N2C[C@@H](O)C[C@H]2C(=O)O)CCOCC1. The maximum absolute atomic E-state index is 12.4. The highest BCUT2D eigenvalue weighted by Crippen LogP contribution is 2.26. The van der Waals surface area contributed by atoms with E-state index in [1.807, 2.05) is 0 Å². The third-order valence-electron chi connectivity index (χ3n) is 3.64. The van der Waals surface area contributed by atoms with Gasteiger partial charge in [-0.25, -0.2) is 4.79 Å². The molecule has 2 rings (SSSR count). The number of amides is 1. The van der Waals surface area contributed by atoms with Crippen molar-refractivity contribution in [2.75, 3.05) is 19.8 Å². The summed E-state index contributed by atoms with van der Waals surface area (Å²) in [6.45, 7) is 0.836. The molecule has 0 spiro atoms. The van der Waals surface area contributed by atoms with E-state index >= 15 is 0 Å². The average Bonchev–Trinajstić information content (AvgIpc) is 2.71. The van der Waals surface area contributed by atoms with E-state index in [0.29, 0.717) is 26.1 Å². The van der Waals surface area contributed by atoms with Crippen molar-refractivity contribution in [3.05, 3.63) is 0 Å². The van der Waals surface area contributed by atoms with Gasteiger partial charge in [0.05, 0.1) is 11.6 Å². The van der Waals surface area contributed by atoms with Crippen LogP contribution in [0.3, 0.4) is 0 Å². The maximum atomic E-state index is 12.4. The molecule has 2 fully saturated rings. The lowest BCUT2D eigenvalue weighted by Crippen LogP contribution is -2.59. The first-order valence-electron chi connectivity index (χ1n) is 6.02. The lowest BCUT2D eigenvalue weighted by atomic mass is 9.89. The number of aliphatic hydroxyl groups excluding tert-OH is 1. The maximum Gasteiger partial charge on any atom is 0.326 e. The summed E-state index contributed by atoms with van der Waals surface area (Å²) < 4.78 is 5.16. The van der Waals surface area contributed by atoms with Gasteiger partial charge in [0.2, 0.25) is 5.91 Å². The molecule has 18 heavy (non-hydrogen) atoms. The lowest BCUT2D eigenvalue weighted by Gasteiger charge is -2.36. The zero-order valence-electron chi connectivity index (χ0n) is 10.0. The molecule has 7 nitrogen and oxygen atoms in total. The smallest absolute Gasteiger partial charge is 0.326 e. The number of rotatable bonds is 2. The van der Waals surface area contributed by atoms with Gasteiger partial charge in [-0.05, 0) is 12.8 Å². The number of nitrogens with zero attached hydrogens (tertiary/aromatic N) is 1. The molecule has 0 bridgehead atoms. The van der Waals surface area contributed by atoms with Gasteiger partial charge in [-0.2, -0.15) is 0 Å². The van der Waals surface area contributed by atoms with E-state index in [-0.39, 0.29) is 13.0 Å². The molecule has 0 aliphatic carbocycles. The summed E-state index contributed by atoms with van der Waals surface area (Å²) in [4.78, 5) is 24.6. The number of aliphatic carboxylic acids is 1. The highest BCUT2D eigenvalue weighted by atomic mass is 16.5. The Kier molecular flexibility index (Phi) is 3.56. The zero-order valence-corrected chi connectivity index (χ0v) is 10.0. The highest BCUT2D eigenvalue weighted by molar-refractivity contribution is 5.90. The number of carbonyl (C=O) groups excluding carboxylic acids is 1.